The molecule has 0 unspecified atom stereocenters. The molecule has 1 N–H and O–H groups in total. The molecule has 4 heteroatoms. The number of benzene rings is 2. The molecule has 0 heterocycles. The van der Waals surface area contributed by atoms with Crippen molar-refractivity contribution in [2.45, 2.75) is 25.8 Å². The van der Waals surface area contributed by atoms with E-state index < -0.39 is 0 Å². The average molecular weight is 345 g/mol. The minimum atomic E-state index is 0.0979. The first kappa shape index (κ1) is 18.5. The van der Waals surface area contributed by atoms with Gasteiger partial charge in [-0.25, -0.2) is 0 Å². The molecule has 0 radical (unpaired) electrons. The largest absolute Gasteiger partial charge is 0.356 e. The van der Waals surface area contributed by atoms with Gasteiger partial charge in [0.2, 0.25) is 5.91 Å². The Hall–Kier alpha value is -1.84. The van der Waals surface area contributed by atoms with Gasteiger partial charge < -0.3 is 10.2 Å². The fourth-order valence-electron chi connectivity index (χ4n) is 2.59. The first-order valence-electron chi connectivity index (χ1n) is 8.37. The molecule has 0 saturated heterocycles. The highest BCUT2D eigenvalue weighted by Gasteiger charge is 2.04. The van der Waals surface area contributed by atoms with Gasteiger partial charge >= 0.3 is 0 Å². The number of nitrogens with one attached hydrogen (secondary N) is 1. The molecule has 0 spiro atoms. The van der Waals surface area contributed by atoms with E-state index in [9.17, 15) is 4.79 Å². The van der Waals surface area contributed by atoms with Gasteiger partial charge in [0.05, 0.1) is 0 Å². The topological polar surface area (TPSA) is 32.3 Å². The zero-order valence-electron chi connectivity index (χ0n) is 14.2. The number of amides is 1. The molecule has 0 bridgehead atoms. The molecule has 1 amide bonds. The summed E-state index contributed by atoms with van der Waals surface area (Å²) in [5, 5.41) is 3.71. The van der Waals surface area contributed by atoms with Crippen LogP contribution in [0.1, 0.15) is 24.0 Å². The molecule has 0 fully saturated rings. The number of hydrogen-bond donors (Lipinski definition) is 1. The fourth-order valence-corrected chi connectivity index (χ4v) is 2.80. The van der Waals surface area contributed by atoms with E-state index in [1.54, 1.807) is 0 Å². The predicted octanol–water partition coefficient (Wildman–Crippen LogP) is 3.91. The molecule has 24 heavy (non-hydrogen) atoms. The third-order valence-electron chi connectivity index (χ3n) is 3.86. The van der Waals surface area contributed by atoms with E-state index in [4.69, 9.17) is 11.6 Å². The molecule has 0 aliphatic rings. The highest BCUT2D eigenvalue weighted by Crippen LogP contribution is 2.12. The lowest BCUT2D eigenvalue weighted by atomic mass is 10.1. The van der Waals surface area contributed by atoms with Crippen LogP contribution in [0.2, 0.25) is 5.02 Å². The maximum absolute atomic E-state index is 11.9. The SMILES string of the molecule is CN(CCCNC(=O)CCc1cccc(Cl)c1)Cc1ccccc1. The van der Waals surface area contributed by atoms with Crippen molar-refractivity contribution in [3.8, 4) is 0 Å². The van der Waals surface area contributed by atoms with E-state index in [-0.39, 0.29) is 5.91 Å². The summed E-state index contributed by atoms with van der Waals surface area (Å²) < 4.78 is 0. The molecular weight excluding hydrogens is 320 g/mol. The Morgan fingerprint density at radius 3 is 2.58 bits per heavy atom. The van der Waals surface area contributed by atoms with Crippen LogP contribution in [0.25, 0.3) is 0 Å². The van der Waals surface area contributed by atoms with Crippen molar-refractivity contribution in [1.82, 2.24) is 10.2 Å². The average Bonchev–Trinajstić information content (AvgIpc) is 2.58. The van der Waals surface area contributed by atoms with Crippen LogP contribution in [0.4, 0.5) is 0 Å². The number of carbonyl (C=O) groups is 1. The van der Waals surface area contributed by atoms with Gasteiger partial charge in [0.15, 0.2) is 0 Å². The normalized spacial score (nSPS) is 10.8. The molecule has 0 atom stereocenters. The van der Waals surface area contributed by atoms with Crippen molar-refractivity contribution in [2.24, 2.45) is 0 Å². The molecule has 0 aromatic heterocycles. The highest BCUT2D eigenvalue weighted by atomic mass is 35.5. The van der Waals surface area contributed by atoms with E-state index in [0.29, 0.717) is 13.0 Å². The Bertz CT molecular complexity index is 631. The van der Waals surface area contributed by atoms with Gasteiger partial charge in [0.25, 0.3) is 0 Å². The smallest absolute Gasteiger partial charge is 0.220 e. The van der Waals surface area contributed by atoms with Crippen LogP contribution in [0.5, 0.6) is 0 Å². The quantitative estimate of drug-likeness (QED) is 0.699. The zero-order valence-corrected chi connectivity index (χ0v) is 14.9. The Morgan fingerprint density at radius 2 is 1.83 bits per heavy atom. The molecule has 2 aromatic rings. The predicted molar refractivity (Wildman–Crippen MR) is 100 cm³/mol. The third-order valence-corrected chi connectivity index (χ3v) is 4.10. The summed E-state index contributed by atoms with van der Waals surface area (Å²) in [7, 11) is 2.11. The Morgan fingerprint density at radius 1 is 1.08 bits per heavy atom. The van der Waals surface area contributed by atoms with Crippen molar-refractivity contribution in [2.75, 3.05) is 20.1 Å². The van der Waals surface area contributed by atoms with Crippen LogP contribution in [0.15, 0.2) is 54.6 Å². The lowest BCUT2D eigenvalue weighted by Gasteiger charge is -2.16. The van der Waals surface area contributed by atoms with E-state index in [1.807, 2.05) is 30.3 Å². The van der Waals surface area contributed by atoms with Gasteiger partial charge in [0.1, 0.15) is 0 Å². The molecular formula is C20H25ClN2O. The van der Waals surface area contributed by atoms with Crippen molar-refractivity contribution >= 4 is 17.5 Å². The summed E-state index contributed by atoms with van der Waals surface area (Å²) in [6, 6.07) is 18.1. The molecule has 0 aliphatic carbocycles. The Balaban J connectivity index is 1.57. The maximum atomic E-state index is 11.9. The number of halogens is 1. The van der Waals surface area contributed by atoms with Crippen molar-refractivity contribution in [3.05, 3.63) is 70.7 Å². The van der Waals surface area contributed by atoms with Gasteiger partial charge in [-0.1, -0.05) is 54.1 Å². The van der Waals surface area contributed by atoms with Crippen molar-refractivity contribution < 1.29 is 4.79 Å². The van der Waals surface area contributed by atoms with Crippen LogP contribution in [0.3, 0.4) is 0 Å². The lowest BCUT2D eigenvalue weighted by Crippen LogP contribution is -2.28. The standard InChI is InChI=1S/C20H25ClN2O/c1-23(16-18-7-3-2-4-8-18)14-6-13-22-20(24)12-11-17-9-5-10-19(21)15-17/h2-5,7-10,15H,6,11-14,16H2,1H3,(H,22,24). The fraction of sp³-hybridized carbons (Fsp3) is 0.350. The van der Waals surface area contributed by atoms with Gasteiger partial charge in [0, 0.05) is 24.5 Å². The maximum Gasteiger partial charge on any atom is 0.220 e. The Kier molecular flexibility index (Phi) is 7.80. The number of carbonyl (C=O) groups excluding carboxylic acids is 1. The van der Waals surface area contributed by atoms with Gasteiger partial charge in [-0.2, -0.15) is 0 Å². The number of nitrogens with zero attached hydrogens (tertiary/aromatic N) is 1. The van der Waals surface area contributed by atoms with Crippen molar-refractivity contribution in [3.63, 3.8) is 0 Å². The van der Waals surface area contributed by atoms with Crippen LogP contribution in [-0.4, -0.2) is 30.9 Å². The van der Waals surface area contributed by atoms with Gasteiger partial charge in [-0.05, 0) is 49.7 Å². The summed E-state index contributed by atoms with van der Waals surface area (Å²) in [4.78, 5) is 14.2. The second kappa shape index (κ2) is 10.1. The monoisotopic (exact) mass is 344 g/mol. The summed E-state index contributed by atoms with van der Waals surface area (Å²) in [6.45, 7) is 2.61. The van der Waals surface area contributed by atoms with Crippen LogP contribution < -0.4 is 5.32 Å². The minimum absolute atomic E-state index is 0.0979. The Labute approximate surface area is 149 Å². The van der Waals surface area contributed by atoms with E-state index in [0.717, 1.165) is 36.5 Å². The van der Waals surface area contributed by atoms with Gasteiger partial charge in [-0.15, -0.1) is 0 Å². The second-order valence-electron chi connectivity index (χ2n) is 6.06. The van der Waals surface area contributed by atoms with E-state index in [1.165, 1.54) is 5.56 Å². The summed E-state index contributed by atoms with van der Waals surface area (Å²) >= 11 is 5.94. The van der Waals surface area contributed by atoms with Gasteiger partial charge in [-0.3, -0.25) is 4.79 Å². The van der Waals surface area contributed by atoms with E-state index >= 15 is 0 Å². The van der Waals surface area contributed by atoms with Crippen molar-refractivity contribution in [1.29, 1.82) is 0 Å². The number of rotatable bonds is 9. The third kappa shape index (κ3) is 7.16. The molecule has 3 nitrogen and oxygen atoms in total. The molecule has 128 valence electrons. The number of hydrogen-bond acceptors (Lipinski definition) is 2. The minimum Gasteiger partial charge on any atom is -0.356 e. The molecule has 0 aliphatic heterocycles. The second-order valence-corrected chi connectivity index (χ2v) is 6.49. The number of aryl methyl sites for hydroxylation is 1. The first-order chi connectivity index (χ1) is 11.6. The first-order valence-corrected chi connectivity index (χ1v) is 8.75. The molecule has 2 aromatic carbocycles. The summed E-state index contributed by atoms with van der Waals surface area (Å²) in [6.07, 6.45) is 2.17. The highest BCUT2D eigenvalue weighted by molar-refractivity contribution is 6.30. The van der Waals surface area contributed by atoms with E-state index in [2.05, 4.69) is 41.5 Å². The summed E-state index contributed by atoms with van der Waals surface area (Å²) in [5.41, 5.74) is 2.41. The zero-order chi connectivity index (χ0) is 17.2. The summed E-state index contributed by atoms with van der Waals surface area (Å²) in [5.74, 6) is 0.0979. The van der Waals surface area contributed by atoms with Crippen LogP contribution in [-0.2, 0) is 17.8 Å². The lowest BCUT2D eigenvalue weighted by molar-refractivity contribution is -0.121. The molecule has 0 saturated carbocycles. The molecule has 2 rings (SSSR count). The van der Waals surface area contributed by atoms with Crippen LogP contribution >= 0.6 is 11.6 Å². The van der Waals surface area contributed by atoms with Crippen LogP contribution in [0, 0.1) is 0 Å².